The average molecular weight is 635 g/mol. The molecule has 0 unspecified atom stereocenters. The van der Waals surface area contributed by atoms with Gasteiger partial charge in [0.2, 0.25) is 0 Å². The van der Waals surface area contributed by atoms with Crippen molar-refractivity contribution in [3.05, 3.63) is 131 Å². The van der Waals surface area contributed by atoms with Crippen LogP contribution in [0.5, 0.6) is 0 Å². The molecule has 0 aliphatic carbocycles. The summed E-state index contributed by atoms with van der Waals surface area (Å²) in [5.41, 5.74) is 7.55. The van der Waals surface area contributed by atoms with Gasteiger partial charge in [-0.15, -0.1) is 0 Å². The van der Waals surface area contributed by atoms with Crippen molar-refractivity contribution >= 4 is 6.03 Å². The SMILES string of the molecule is CCNC(=O)NCc1cccc(-c2ccc([C@@H]3O[C@H](CN4CCN(Cc5ccccc5)CC4)C[C@H](c4ccc(CO)cc4)O3)cc2)c1. The number of carbonyl (C=O) groups is 1. The van der Waals surface area contributed by atoms with Crippen molar-refractivity contribution in [2.75, 3.05) is 39.3 Å². The van der Waals surface area contributed by atoms with Crippen LogP contribution in [-0.4, -0.2) is 66.3 Å². The average Bonchev–Trinajstić information content (AvgIpc) is 3.12. The molecule has 47 heavy (non-hydrogen) atoms. The van der Waals surface area contributed by atoms with Gasteiger partial charge >= 0.3 is 6.03 Å². The Morgan fingerprint density at radius 3 is 2.17 bits per heavy atom. The number of aliphatic hydroxyl groups excluding tert-OH is 1. The van der Waals surface area contributed by atoms with Gasteiger partial charge in [0.15, 0.2) is 6.29 Å². The lowest BCUT2D eigenvalue weighted by Crippen LogP contribution is -2.49. The van der Waals surface area contributed by atoms with Gasteiger partial charge in [-0.3, -0.25) is 9.80 Å². The van der Waals surface area contributed by atoms with Crippen LogP contribution in [0.15, 0.2) is 103 Å². The summed E-state index contributed by atoms with van der Waals surface area (Å²) in [5, 5.41) is 15.2. The first-order valence-electron chi connectivity index (χ1n) is 16.8. The summed E-state index contributed by atoms with van der Waals surface area (Å²) in [6.45, 7) is 8.94. The summed E-state index contributed by atoms with van der Waals surface area (Å²) in [5.74, 6) is 0. The lowest BCUT2D eigenvalue weighted by atomic mass is 9.98. The third-order valence-corrected chi connectivity index (χ3v) is 9.02. The maximum atomic E-state index is 11.9. The molecule has 2 heterocycles. The third-order valence-electron chi connectivity index (χ3n) is 9.02. The van der Waals surface area contributed by atoms with E-state index in [9.17, 15) is 9.90 Å². The molecular weight excluding hydrogens is 588 g/mol. The molecule has 2 aliphatic rings. The van der Waals surface area contributed by atoms with Crippen molar-refractivity contribution in [1.82, 2.24) is 20.4 Å². The molecule has 3 atom stereocenters. The fraction of sp³-hybridized carbons (Fsp3) is 0.359. The molecule has 2 amide bonds. The maximum absolute atomic E-state index is 11.9. The molecule has 0 saturated carbocycles. The first-order valence-corrected chi connectivity index (χ1v) is 16.8. The number of ether oxygens (including phenoxy) is 2. The highest BCUT2D eigenvalue weighted by Gasteiger charge is 2.33. The van der Waals surface area contributed by atoms with Crippen molar-refractivity contribution in [2.24, 2.45) is 0 Å². The monoisotopic (exact) mass is 634 g/mol. The standard InChI is InChI=1S/C39H46N4O4/c1-2-40-39(45)41-25-31-9-6-10-35(23-31)32-15-17-34(18-16-32)38-46-36(24-37(47-38)33-13-11-30(28-44)12-14-33)27-43-21-19-42(20-22-43)26-29-7-4-3-5-8-29/h3-18,23,36-38,44H,2,19-22,24-28H2,1H3,(H2,40,41,45)/t36-,37+,38+/m0/s1. The first kappa shape index (κ1) is 32.9. The van der Waals surface area contributed by atoms with E-state index in [0.29, 0.717) is 13.1 Å². The van der Waals surface area contributed by atoms with Gasteiger partial charge in [0.25, 0.3) is 0 Å². The van der Waals surface area contributed by atoms with Gasteiger partial charge < -0.3 is 25.2 Å². The molecule has 6 rings (SSSR count). The van der Waals surface area contributed by atoms with Crippen molar-refractivity contribution in [3.8, 4) is 11.1 Å². The number of aliphatic hydroxyl groups is 1. The summed E-state index contributed by atoms with van der Waals surface area (Å²) < 4.78 is 13.3. The zero-order valence-corrected chi connectivity index (χ0v) is 27.2. The number of nitrogens with zero attached hydrogens (tertiary/aromatic N) is 2. The van der Waals surface area contributed by atoms with E-state index in [2.05, 4.69) is 99.3 Å². The van der Waals surface area contributed by atoms with E-state index in [-0.39, 0.29) is 24.8 Å². The van der Waals surface area contributed by atoms with E-state index < -0.39 is 6.29 Å². The van der Waals surface area contributed by atoms with Crippen LogP contribution in [0, 0.1) is 0 Å². The van der Waals surface area contributed by atoms with Gasteiger partial charge in [0, 0.05) is 64.3 Å². The highest BCUT2D eigenvalue weighted by atomic mass is 16.7. The van der Waals surface area contributed by atoms with Crippen LogP contribution in [0.2, 0.25) is 0 Å². The number of carbonyl (C=O) groups excluding carboxylic acids is 1. The summed E-state index contributed by atoms with van der Waals surface area (Å²) in [4.78, 5) is 16.9. The van der Waals surface area contributed by atoms with E-state index >= 15 is 0 Å². The van der Waals surface area contributed by atoms with Crippen molar-refractivity contribution in [1.29, 1.82) is 0 Å². The van der Waals surface area contributed by atoms with Gasteiger partial charge in [-0.05, 0) is 46.4 Å². The third kappa shape index (κ3) is 9.06. The van der Waals surface area contributed by atoms with Crippen molar-refractivity contribution in [2.45, 2.75) is 51.5 Å². The number of rotatable bonds is 11. The van der Waals surface area contributed by atoms with Crippen LogP contribution >= 0.6 is 0 Å². The van der Waals surface area contributed by atoms with Crippen LogP contribution in [0.4, 0.5) is 4.79 Å². The van der Waals surface area contributed by atoms with E-state index in [1.165, 1.54) is 5.56 Å². The van der Waals surface area contributed by atoms with E-state index in [0.717, 1.165) is 79.1 Å². The second kappa shape index (κ2) is 16.2. The molecule has 2 aliphatic heterocycles. The van der Waals surface area contributed by atoms with Gasteiger partial charge in [0.1, 0.15) is 0 Å². The minimum atomic E-state index is -0.489. The van der Waals surface area contributed by atoms with Gasteiger partial charge in [0.05, 0.1) is 18.8 Å². The van der Waals surface area contributed by atoms with E-state index in [1.807, 2.05) is 31.2 Å². The van der Waals surface area contributed by atoms with Crippen molar-refractivity contribution in [3.63, 3.8) is 0 Å². The van der Waals surface area contributed by atoms with Crippen LogP contribution in [0.1, 0.15) is 53.6 Å². The quantitative estimate of drug-likeness (QED) is 0.187. The molecule has 8 nitrogen and oxygen atoms in total. The lowest BCUT2D eigenvalue weighted by molar-refractivity contribution is -0.253. The second-order valence-corrected chi connectivity index (χ2v) is 12.4. The summed E-state index contributed by atoms with van der Waals surface area (Å²) in [6, 6.07) is 35.2. The Balaban J connectivity index is 1.12. The Bertz CT molecular complexity index is 1560. The van der Waals surface area contributed by atoms with Crippen LogP contribution in [0.3, 0.4) is 0 Å². The number of hydrogen-bond acceptors (Lipinski definition) is 6. The Morgan fingerprint density at radius 1 is 0.745 bits per heavy atom. The number of urea groups is 1. The summed E-state index contributed by atoms with van der Waals surface area (Å²) >= 11 is 0. The minimum Gasteiger partial charge on any atom is -0.392 e. The predicted molar refractivity (Wildman–Crippen MR) is 184 cm³/mol. The zero-order chi connectivity index (χ0) is 32.4. The molecule has 4 aromatic carbocycles. The second-order valence-electron chi connectivity index (χ2n) is 12.4. The number of benzene rings is 4. The molecule has 0 bridgehead atoms. The Labute approximate surface area is 278 Å². The summed E-state index contributed by atoms with van der Waals surface area (Å²) in [7, 11) is 0. The Morgan fingerprint density at radius 2 is 1.45 bits per heavy atom. The number of amides is 2. The molecule has 3 N–H and O–H groups in total. The predicted octanol–water partition coefficient (Wildman–Crippen LogP) is 6.03. The highest BCUT2D eigenvalue weighted by molar-refractivity contribution is 5.73. The fourth-order valence-electron chi connectivity index (χ4n) is 6.39. The van der Waals surface area contributed by atoms with Gasteiger partial charge in [-0.25, -0.2) is 4.79 Å². The number of piperazine rings is 1. The molecule has 246 valence electrons. The molecule has 4 aromatic rings. The van der Waals surface area contributed by atoms with Crippen molar-refractivity contribution < 1.29 is 19.4 Å². The van der Waals surface area contributed by atoms with Crippen LogP contribution < -0.4 is 10.6 Å². The normalized spacial score (nSPS) is 20.5. The van der Waals surface area contributed by atoms with Gasteiger partial charge in [-0.2, -0.15) is 0 Å². The Hall–Kier alpha value is -4.05. The topological polar surface area (TPSA) is 86.3 Å². The summed E-state index contributed by atoms with van der Waals surface area (Å²) in [6.07, 6.45) is 0.191. The number of hydrogen-bond donors (Lipinski definition) is 3. The largest absolute Gasteiger partial charge is 0.392 e. The van der Waals surface area contributed by atoms with Crippen LogP contribution in [-0.2, 0) is 29.2 Å². The lowest BCUT2D eigenvalue weighted by Gasteiger charge is -2.40. The molecule has 0 spiro atoms. The maximum Gasteiger partial charge on any atom is 0.315 e. The smallest absolute Gasteiger partial charge is 0.315 e. The Kier molecular flexibility index (Phi) is 11.3. The molecule has 2 saturated heterocycles. The van der Waals surface area contributed by atoms with E-state index in [4.69, 9.17) is 9.47 Å². The van der Waals surface area contributed by atoms with E-state index in [1.54, 1.807) is 0 Å². The minimum absolute atomic E-state index is 0.0192. The van der Waals surface area contributed by atoms with Gasteiger partial charge in [-0.1, -0.05) is 97.1 Å². The molecule has 0 radical (unpaired) electrons. The fourth-order valence-corrected chi connectivity index (χ4v) is 6.39. The molecule has 2 fully saturated rings. The molecule has 8 heteroatoms. The zero-order valence-electron chi connectivity index (χ0n) is 27.2. The molecule has 0 aromatic heterocycles. The first-order chi connectivity index (χ1) is 23.1. The molecular formula is C39H46N4O4. The van der Waals surface area contributed by atoms with Crippen LogP contribution in [0.25, 0.3) is 11.1 Å². The highest BCUT2D eigenvalue weighted by Crippen LogP contribution is 2.38. The number of nitrogens with one attached hydrogen (secondary N) is 2.